The summed E-state index contributed by atoms with van der Waals surface area (Å²) in [6, 6.07) is 19.3. The molecular formula is C25H23N3O3S. The highest BCUT2D eigenvalue weighted by Gasteiger charge is 2.42. The number of hydrogen-bond acceptors (Lipinski definition) is 4. The minimum Gasteiger partial charge on any atom is -0.497 e. The molecule has 0 fully saturated rings. The first kappa shape index (κ1) is 20.3. The van der Waals surface area contributed by atoms with E-state index in [0.29, 0.717) is 12.2 Å². The monoisotopic (exact) mass is 445 g/mol. The number of amides is 2. The van der Waals surface area contributed by atoms with Gasteiger partial charge in [0, 0.05) is 28.4 Å². The highest BCUT2D eigenvalue weighted by Crippen LogP contribution is 2.43. The summed E-state index contributed by atoms with van der Waals surface area (Å²) in [4.78, 5) is 29.1. The summed E-state index contributed by atoms with van der Waals surface area (Å²) < 4.78 is 7.25. The fourth-order valence-corrected chi connectivity index (χ4v) is 5.12. The van der Waals surface area contributed by atoms with Crippen LogP contribution in [0.1, 0.15) is 32.5 Å². The number of hydrogen-bond donors (Lipinski definition) is 1. The Morgan fingerprint density at radius 2 is 1.88 bits per heavy atom. The number of carbonyl (C=O) groups excluding carboxylic acids is 2. The molecule has 4 aromatic rings. The zero-order valence-electron chi connectivity index (χ0n) is 17.9. The first-order valence-electron chi connectivity index (χ1n) is 10.4. The minimum absolute atomic E-state index is 0.0100. The lowest BCUT2D eigenvalue weighted by atomic mass is 9.98. The van der Waals surface area contributed by atoms with Gasteiger partial charge in [-0.3, -0.25) is 9.59 Å². The van der Waals surface area contributed by atoms with Gasteiger partial charge in [-0.25, -0.2) is 0 Å². The predicted octanol–water partition coefficient (Wildman–Crippen LogP) is 4.11. The molecule has 6 nitrogen and oxygen atoms in total. The molecule has 5 rings (SSSR count). The average Bonchev–Trinajstić information content (AvgIpc) is 3.51. The molecule has 0 spiro atoms. The molecule has 3 heterocycles. The van der Waals surface area contributed by atoms with Gasteiger partial charge >= 0.3 is 0 Å². The quantitative estimate of drug-likeness (QED) is 0.486. The SMILES string of the molecule is COc1ccc([C@H]2c3c(n(C)c4ccccc34)C(=O)N2CC(=O)NCc2cccs2)cc1. The van der Waals surface area contributed by atoms with E-state index >= 15 is 0 Å². The maximum absolute atomic E-state index is 13.6. The third-order valence-electron chi connectivity index (χ3n) is 5.98. The van der Waals surface area contributed by atoms with Crippen molar-refractivity contribution in [3.05, 3.63) is 87.7 Å². The fraction of sp³-hybridized carbons (Fsp3) is 0.200. The van der Waals surface area contributed by atoms with Crippen molar-refractivity contribution in [3.63, 3.8) is 0 Å². The molecular weight excluding hydrogens is 422 g/mol. The third-order valence-corrected chi connectivity index (χ3v) is 6.86. The number of nitrogens with one attached hydrogen (secondary N) is 1. The number of thiophene rings is 1. The van der Waals surface area contributed by atoms with Crippen molar-refractivity contribution in [2.24, 2.45) is 7.05 Å². The molecule has 2 aromatic carbocycles. The van der Waals surface area contributed by atoms with E-state index in [1.54, 1.807) is 23.3 Å². The number of fused-ring (bicyclic) bond motifs is 3. The summed E-state index contributed by atoms with van der Waals surface area (Å²) in [5.41, 5.74) is 3.54. The molecule has 2 amide bonds. The van der Waals surface area contributed by atoms with Crippen LogP contribution in [-0.4, -0.2) is 34.9 Å². The molecule has 32 heavy (non-hydrogen) atoms. The number of carbonyl (C=O) groups is 2. The Balaban J connectivity index is 1.53. The number of aryl methyl sites for hydroxylation is 1. The third kappa shape index (κ3) is 3.35. The molecule has 0 unspecified atom stereocenters. The zero-order valence-corrected chi connectivity index (χ0v) is 18.7. The highest BCUT2D eigenvalue weighted by atomic mass is 32.1. The Bertz CT molecular complexity index is 1290. The Morgan fingerprint density at radius 3 is 2.59 bits per heavy atom. The standard InChI is InChI=1S/C25H23N3O3S/c1-27-20-8-4-3-7-19(20)22-23(16-9-11-17(31-2)12-10-16)28(25(30)24(22)27)15-21(29)26-14-18-6-5-13-32-18/h3-13,23H,14-15H2,1-2H3,(H,26,29)/t23-/m0/s1. The van der Waals surface area contributed by atoms with Crippen LogP contribution in [0.2, 0.25) is 0 Å². The summed E-state index contributed by atoms with van der Waals surface area (Å²) in [6.45, 7) is 0.450. The van der Waals surface area contributed by atoms with Gasteiger partial charge in [0.1, 0.15) is 18.0 Å². The van der Waals surface area contributed by atoms with Crippen molar-refractivity contribution in [3.8, 4) is 5.75 Å². The number of nitrogens with zero attached hydrogens (tertiary/aromatic N) is 2. The van der Waals surface area contributed by atoms with E-state index in [1.165, 1.54) is 0 Å². The Labute approximate surface area is 190 Å². The topological polar surface area (TPSA) is 63.6 Å². The van der Waals surface area contributed by atoms with Gasteiger partial charge in [-0.2, -0.15) is 0 Å². The van der Waals surface area contributed by atoms with Crippen LogP contribution in [0.15, 0.2) is 66.0 Å². The van der Waals surface area contributed by atoms with Crippen LogP contribution in [-0.2, 0) is 18.4 Å². The summed E-state index contributed by atoms with van der Waals surface area (Å²) >= 11 is 1.59. The van der Waals surface area contributed by atoms with Gasteiger partial charge in [0.05, 0.1) is 19.7 Å². The second-order valence-electron chi connectivity index (χ2n) is 7.80. The highest BCUT2D eigenvalue weighted by molar-refractivity contribution is 7.09. The molecule has 0 bridgehead atoms. The van der Waals surface area contributed by atoms with Gasteiger partial charge in [-0.05, 0) is 35.2 Å². The van der Waals surface area contributed by atoms with Crippen LogP contribution in [0, 0.1) is 0 Å². The van der Waals surface area contributed by atoms with Gasteiger partial charge in [0.2, 0.25) is 5.91 Å². The van der Waals surface area contributed by atoms with E-state index in [-0.39, 0.29) is 24.4 Å². The van der Waals surface area contributed by atoms with Crippen LogP contribution in [0.4, 0.5) is 0 Å². The molecule has 7 heteroatoms. The summed E-state index contributed by atoms with van der Waals surface area (Å²) in [6.07, 6.45) is 0. The molecule has 0 aliphatic carbocycles. The van der Waals surface area contributed by atoms with E-state index in [4.69, 9.17) is 4.74 Å². The van der Waals surface area contributed by atoms with Crippen molar-refractivity contribution < 1.29 is 14.3 Å². The number of benzene rings is 2. The van der Waals surface area contributed by atoms with E-state index in [1.807, 2.05) is 77.7 Å². The van der Waals surface area contributed by atoms with Crippen molar-refractivity contribution in [2.45, 2.75) is 12.6 Å². The zero-order chi connectivity index (χ0) is 22.2. The molecule has 0 saturated heterocycles. The fourth-order valence-electron chi connectivity index (χ4n) is 4.47. The molecule has 1 N–H and O–H groups in total. The maximum Gasteiger partial charge on any atom is 0.272 e. The Hall–Kier alpha value is -3.58. The van der Waals surface area contributed by atoms with Crippen molar-refractivity contribution >= 4 is 34.1 Å². The second kappa shape index (κ2) is 8.16. The lowest BCUT2D eigenvalue weighted by molar-refractivity contribution is -0.122. The number of methoxy groups -OCH3 is 1. The van der Waals surface area contributed by atoms with Crippen LogP contribution < -0.4 is 10.1 Å². The molecule has 1 aliphatic rings. The summed E-state index contributed by atoms with van der Waals surface area (Å²) in [7, 11) is 3.53. The first-order valence-corrected chi connectivity index (χ1v) is 11.3. The van der Waals surface area contributed by atoms with Crippen LogP contribution >= 0.6 is 11.3 Å². The minimum atomic E-state index is -0.345. The number of para-hydroxylation sites is 1. The van der Waals surface area contributed by atoms with Gasteiger partial charge in [0.25, 0.3) is 5.91 Å². The van der Waals surface area contributed by atoms with E-state index in [2.05, 4.69) is 5.32 Å². The van der Waals surface area contributed by atoms with E-state index in [9.17, 15) is 9.59 Å². The number of rotatable bonds is 6. The number of aromatic nitrogens is 1. The molecule has 0 saturated carbocycles. The van der Waals surface area contributed by atoms with E-state index < -0.39 is 0 Å². The van der Waals surface area contributed by atoms with Crippen LogP contribution in [0.25, 0.3) is 10.9 Å². The van der Waals surface area contributed by atoms with Crippen LogP contribution in [0.3, 0.4) is 0 Å². The normalized spacial score (nSPS) is 15.2. The number of ether oxygens (including phenoxy) is 1. The molecule has 0 radical (unpaired) electrons. The second-order valence-corrected chi connectivity index (χ2v) is 8.84. The van der Waals surface area contributed by atoms with Gasteiger partial charge in [0.15, 0.2) is 0 Å². The van der Waals surface area contributed by atoms with Crippen molar-refractivity contribution in [2.75, 3.05) is 13.7 Å². The molecule has 162 valence electrons. The van der Waals surface area contributed by atoms with Gasteiger partial charge in [-0.1, -0.05) is 36.4 Å². The lowest BCUT2D eigenvalue weighted by Crippen LogP contribution is -2.39. The predicted molar refractivity (Wildman–Crippen MR) is 125 cm³/mol. The molecule has 1 aliphatic heterocycles. The Kier molecular flexibility index (Phi) is 5.19. The maximum atomic E-state index is 13.6. The molecule has 1 atom stereocenters. The Morgan fingerprint density at radius 1 is 1.09 bits per heavy atom. The lowest BCUT2D eigenvalue weighted by Gasteiger charge is -2.26. The average molecular weight is 446 g/mol. The van der Waals surface area contributed by atoms with E-state index in [0.717, 1.165) is 32.7 Å². The summed E-state index contributed by atoms with van der Waals surface area (Å²) in [5.74, 6) is 0.435. The smallest absolute Gasteiger partial charge is 0.272 e. The first-order chi connectivity index (χ1) is 15.6. The van der Waals surface area contributed by atoms with Crippen molar-refractivity contribution in [1.29, 1.82) is 0 Å². The largest absolute Gasteiger partial charge is 0.497 e. The molecule has 2 aromatic heterocycles. The van der Waals surface area contributed by atoms with Gasteiger partial charge in [-0.15, -0.1) is 11.3 Å². The van der Waals surface area contributed by atoms with Gasteiger partial charge < -0.3 is 19.5 Å². The van der Waals surface area contributed by atoms with Crippen LogP contribution in [0.5, 0.6) is 5.75 Å². The van der Waals surface area contributed by atoms with Crippen molar-refractivity contribution in [1.82, 2.24) is 14.8 Å². The summed E-state index contributed by atoms with van der Waals surface area (Å²) in [5, 5.41) is 5.95.